The van der Waals surface area contributed by atoms with Crippen LogP contribution in [0.1, 0.15) is 39.0 Å². The molecule has 0 aromatic carbocycles. The number of hydrogen-bond acceptors (Lipinski definition) is 3. The molecule has 0 fully saturated rings. The molecule has 0 aliphatic rings. The molecule has 0 heterocycles. The third-order valence-electron chi connectivity index (χ3n) is 2.47. The maximum atomic E-state index is 11.5. The third kappa shape index (κ3) is 9.81. The van der Waals surface area contributed by atoms with E-state index in [2.05, 4.69) is 6.92 Å². The fourth-order valence-electron chi connectivity index (χ4n) is 1.41. The summed E-state index contributed by atoms with van der Waals surface area (Å²) in [5, 5.41) is 8.34. The molecule has 0 saturated carbocycles. The standard InChI is InChI=1S/C12H23NO4/c1-3-4-5-6-7-8-13(2)11(14)9-17-10-12(15)16/h3-10H2,1-2H3,(H,15,16). The van der Waals surface area contributed by atoms with Gasteiger partial charge in [0.25, 0.3) is 0 Å². The average molecular weight is 245 g/mol. The fourth-order valence-corrected chi connectivity index (χ4v) is 1.41. The highest BCUT2D eigenvalue weighted by Gasteiger charge is 2.09. The molecule has 1 amide bonds. The zero-order chi connectivity index (χ0) is 13.1. The van der Waals surface area contributed by atoms with E-state index in [4.69, 9.17) is 9.84 Å². The first-order valence-electron chi connectivity index (χ1n) is 6.11. The van der Waals surface area contributed by atoms with Gasteiger partial charge in [0.1, 0.15) is 13.2 Å². The first-order valence-corrected chi connectivity index (χ1v) is 6.11. The Morgan fingerprint density at radius 1 is 1.12 bits per heavy atom. The molecule has 0 spiro atoms. The molecule has 0 aliphatic heterocycles. The molecule has 17 heavy (non-hydrogen) atoms. The maximum absolute atomic E-state index is 11.5. The highest BCUT2D eigenvalue weighted by atomic mass is 16.5. The van der Waals surface area contributed by atoms with Gasteiger partial charge < -0.3 is 14.7 Å². The summed E-state index contributed by atoms with van der Waals surface area (Å²) >= 11 is 0. The molecule has 0 rings (SSSR count). The van der Waals surface area contributed by atoms with Crippen molar-refractivity contribution in [3.63, 3.8) is 0 Å². The second kappa shape index (κ2) is 10.1. The van der Waals surface area contributed by atoms with Crippen molar-refractivity contribution in [1.82, 2.24) is 4.90 Å². The Bertz CT molecular complexity index is 231. The minimum absolute atomic E-state index is 0.155. The molecule has 0 saturated heterocycles. The van der Waals surface area contributed by atoms with Gasteiger partial charge >= 0.3 is 5.97 Å². The van der Waals surface area contributed by atoms with Crippen molar-refractivity contribution >= 4 is 11.9 Å². The molecule has 0 unspecified atom stereocenters. The van der Waals surface area contributed by atoms with Crippen LogP contribution in [0.3, 0.4) is 0 Å². The predicted molar refractivity (Wildman–Crippen MR) is 64.9 cm³/mol. The molecular weight excluding hydrogens is 222 g/mol. The largest absolute Gasteiger partial charge is 0.480 e. The van der Waals surface area contributed by atoms with Crippen LogP contribution in [0.25, 0.3) is 0 Å². The summed E-state index contributed by atoms with van der Waals surface area (Å²) in [4.78, 5) is 23.2. The van der Waals surface area contributed by atoms with Crippen LogP contribution in [-0.2, 0) is 14.3 Å². The van der Waals surface area contributed by atoms with Gasteiger partial charge in [0, 0.05) is 13.6 Å². The molecule has 0 radical (unpaired) electrons. The Kier molecular flexibility index (Phi) is 9.43. The van der Waals surface area contributed by atoms with Gasteiger partial charge in [-0.05, 0) is 6.42 Å². The second-order valence-electron chi connectivity index (χ2n) is 4.12. The zero-order valence-electron chi connectivity index (χ0n) is 10.8. The lowest BCUT2D eigenvalue weighted by Gasteiger charge is -2.16. The molecule has 0 bridgehead atoms. The topological polar surface area (TPSA) is 66.8 Å². The quantitative estimate of drug-likeness (QED) is 0.592. The number of carbonyl (C=O) groups is 2. The van der Waals surface area contributed by atoms with Crippen molar-refractivity contribution in [1.29, 1.82) is 0 Å². The number of amides is 1. The van der Waals surface area contributed by atoms with E-state index in [-0.39, 0.29) is 12.5 Å². The smallest absolute Gasteiger partial charge is 0.329 e. The van der Waals surface area contributed by atoms with E-state index in [0.29, 0.717) is 6.54 Å². The lowest BCUT2D eigenvalue weighted by molar-refractivity contribution is -0.145. The first-order chi connectivity index (χ1) is 8.07. The third-order valence-corrected chi connectivity index (χ3v) is 2.47. The minimum atomic E-state index is -1.06. The molecular formula is C12H23NO4. The molecule has 1 N–H and O–H groups in total. The van der Waals surface area contributed by atoms with Crippen molar-refractivity contribution in [2.24, 2.45) is 0 Å². The summed E-state index contributed by atoms with van der Waals surface area (Å²) in [6.07, 6.45) is 5.76. The van der Waals surface area contributed by atoms with Crippen LogP contribution in [0.15, 0.2) is 0 Å². The van der Waals surface area contributed by atoms with Crippen molar-refractivity contribution in [2.45, 2.75) is 39.0 Å². The van der Waals surface area contributed by atoms with Gasteiger partial charge in [-0.3, -0.25) is 4.79 Å². The number of carboxylic acid groups (broad SMARTS) is 1. The van der Waals surface area contributed by atoms with Gasteiger partial charge in [-0.1, -0.05) is 32.6 Å². The number of likely N-dealkylation sites (N-methyl/N-ethyl adjacent to an activating group) is 1. The Morgan fingerprint density at radius 3 is 2.35 bits per heavy atom. The molecule has 0 aromatic rings. The van der Waals surface area contributed by atoms with Gasteiger partial charge in [-0.15, -0.1) is 0 Å². The Balaban J connectivity index is 3.50. The van der Waals surface area contributed by atoms with E-state index in [0.717, 1.165) is 12.8 Å². The Hall–Kier alpha value is -1.10. The summed E-state index contributed by atoms with van der Waals surface area (Å²) < 4.78 is 4.73. The van der Waals surface area contributed by atoms with Gasteiger partial charge in [-0.25, -0.2) is 4.79 Å². The van der Waals surface area contributed by atoms with Crippen LogP contribution in [-0.4, -0.2) is 48.7 Å². The average Bonchev–Trinajstić information content (AvgIpc) is 2.27. The van der Waals surface area contributed by atoms with Crippen molar-refractivity contribution in [2.75, 3.05) is 26.8 Å². The van der Waals surface area contributed by atoms with Gasteiger partial charge in [0.2, 0.25) is 5.91 Å². The van der Waals surface area contributed by atoms with Crippen LogP contribution in [0.2, 0.25) is 0 Å². The fraction of sp³-hybridized carbons (Fsp3) is 0.833. The molecule has 5 heteroatoms. The molecule has 0 aliphatic carbocycles. The summed E-state index contributed by atoms with van der Waals surface area (Å²) in [5.74, 6) is -1.22. The van der Waals surface area contributed by atoms with Crippen LogP contribution in [0.4, 0.5) is 0 Å². The monoisotopic (exact) mass is 245 g/mol. The number of rotatable bonds is 10. The molecule has 0 atom stereocenters. The lowest BCUT2D eigenvalue weighted by Crippen LogP contribution is -2.31. The van der Waals surface area contributed by atoms with E-state index < -0.39 is 12.6 Å². The molecule has 0 aromatic heterocycles. The van der Waals surface area contributed by atoms with Crippen LogP contribution in [0, 0.1) is 0 Å². The van der Waals surface area contributed by atoms with Crippen molar-refractivity contribution in [3.05, 3.63) is 0 Å². The van der Waals surface area contributed by atoms with E-state index in [1.807, 2.05) is 0 Å². The number of ether oxygens (including phenoxy) is 1. The van der Waals surface area contributed by atoms with E-state index in [1.165, 1.54) is 19.3 Å². The molecule has 100 valence electrons. The molecule has 5 nitrogen and oxygen atoms in total. The summed E-state index contributed by atoms with van der Waals surface area (Å²) in [7, 11) is 1.71. The Morgan fingerprint density at radius 2 is 1.76 bits per heavy atom. The van der Waals surface area contributed by atoms with Crippen molar-refractivity contribution in [3.8, 4) is 0 Å². The van der Waals surface area contributed by atoms with Crippen LogP contribution in [0.5, 0.6) is 0 Å². The van der Waals surface area contributed by atoms with Gasteiger partial charge in [0.05, 0.1) is 0 Å². The van der Waals surface area contributed by atoms with Crippen LogP contribution < -0.4 is 0 Å². The van der Waals surface area contributed by atoms with E-state index >= 15 is 0 Å². The first kappa shape index (κ1) is 15.9. The number of nitrogens with zero attached hydrogens (tertiary/aromatic N) is 1. The highest BCUT2D eigenvalue weighted by Crippen LogP contribution is 2.03. The SMILES string of the molecule is CCCCCCCN(C)C(=O)COCC(=O)O. The van der Waals surface area contributed by atoms with Crippen molar-refractivity contribution < 1.29 is 19.4 Å². The number of carboxylic acids is 1. The predicted octanol–water partition coefficient (Wildman–Crippen LogP) is 1.52. The maximum Gasteiger partial charge on any atom is 0.329 e. The Labute approximate surface area is 103 Å². The van der Waals surface area contributed by atoms with E-state index in [9.17, 15) is 9.59 Å². The summed E-state index contributed by atoms with van der Waals surface area (Å²) in [6.45, 7) is 2.29. The lowest BCUT2D eigenvalue weighted by atomic mass is 10.1. The normalized spacial score (nSPS) is 10.2. The van der Waals surface area contributed by atoms with Crippen LogP contribution >= 0.6 is 0 Å². The summed E-state index contributed by atoms with van der Waals surface area (Å²) in [6, 6.07) is 0. The number of hydrogen-bond donors (Lipinski definition) is 1. The number of aliphatic carboxylic acids is 1. The van der Waals surface area contributed by atoms with E-state index in [1.54, 1.807) is 11.9 Å². The van der Waals surface area contributed by atoms with Gasteiger partial charge in [-0.2, -0.15) is 0 Å². The van der Waals surface area contributed by atoms with Gasteiger partial charge in [0.15, 0.2) is 0 Å². The zero-order valence-corrected chi connectivity index (χ0v) is 10.8. The summed E-state index contributed by atoms with van der Waals surface area (Å²) in [5.41, 5.74) is 0. The highest BCUT2D eigenvalue weighted by molar-refractivity contribution is 5.77. The second-order valence-corrected chi connectivity index (χ2v) is 4.12. The minimum Gasteiger partial charge on any atom is -0.480 e. The number of unbranched alkanes of at least 4 members (excludes halogenated alkanes) is 4. The number of carbonyl (C=O) groups excluding carboxylic acids is 1.